The number of nitrogens with zero attached hydrogens (tertiary/aromatic N) is 1. The summed E-state index contributed by atoms with van der Waals surface area (Å²) in [6.07, 6.45) is 0.453. The average molecular weight is 436 g/mol. The molecule has 3 nitrogen and oxygen atoms in total. The zero-order chi connectivity index (χ0) is 17.4. The fourth-order valence-electron chi connectivity index (χ4n) is 2.96. The number of aliphatic hydroxyl groups excluding tert-OH is 1. The number of amidine groups is 1. The number of nitrogens with one attached hydrogen (secondary N) is 1. The Morgan fingerprint density at radius 3 is 2.67 bits per heavy atom. The Hall–Kier alpha value is -1.89. The molecule has 0 bridgehead atoms. The molecule has 0 radical (unpaired) electrons. The molecule has 124 valence electrons. The third-order valence-electron chi connectivity index (χ3n) is 4.41. The summed E-state index contributed by atoms with van der Waals surface area (Å²) >= 11 is 2.25. The molecule has 1 heterocycles. The third kappa shape index (κ3) is 3.05. The first-order valence-corrected chi connectivity index (χ1v) is 8.72. The lowest BCUT2D eigenvalue weighted by Crippen LogP contribution is -2.33. The second-order valence-corrected chi connectivity index (χ2v) is 7.20. The van der Waals surface area contributed by atoms with E-state index in [2.05, 4.69) is 22.6 Å². The minimum Gasteiger partial charge on any atom is -0.509 e. The molecule has 2 N–H and O–H groups in total. The van der Waals surface area contributed by atoms with E-state index < -0.39 is 0 Å². The zero-order valence-electron chi connectivity index (χ0n) is 13.5. The molecular formula is C19H18FIN2O. The van der Waals surface area contributed by atoms with Gasteiger partial charge in [0, 0.05) is 17.0 Å². The maximum absolute atomic E-state index is 13.4. The van der Waals surface area contributed by atoms with Crippen LogP contribution in [0.5, 0.6) is 0 Å². The topological polar surface area (TPSA) is 47.3 Å². The van der Waals surface area contributed by atoms with Crippen molar-refractivity contribution in [2.75, 3.05) is 7.05 Å². The van der Waals surface area contributed by atoms with Gasteiger partial charge >= 0.3 is 0 Å². The van der Waals surface area contributed by atoms with Gasteiger partial charge in [-0.2, -0.15) is 0 Å². The molecule has 24 heavy (non-hydrogen) atoms. The number of rotatable bonds is 3. The van der Waals surface area contributed by atoms with E-state index in [0.29, 0.717) is 12.0 Å². The summed E-state index contributed by atoms with van der Waals surface area (Å²) in [7, 11) is 1.79. The van der Waals surface area contributed by atoms with E-state index >= 15 is 0 Å². The summed E-state index contributed by atoms with van der Waals surface area (Å²) in [6.45, 7) is 2.03. The van der Waals surface area contributed by atoms with Gasteiger partial charge in [0.1, 0.15) is 17.4 Å². The molecule has 1 unspecified atom stereocenters. The maximum Gasteiger partial charge on any atom is 0.132 e. The number of halogens is 2. The smallest absolute Gasteiger partial charge is 0.132 e. The highest BCUT2D eigenvalue weighted by atomic mass is 127. The van der Waals surface area contributed by atoms with Crippen LogP contribution in [0.2, 0.25) is 0 Å². The minimum atomic E-state index is -0.353. The number of aliphatic hydroxyl groups is 1. The zero-order valence-corrected chi connectivity index (χ0v) is 15.6. The summed E-state index contributed by atoms with van der Waals surface area (Å²) < 4.78 is 14.5. The molecule has 1 atom stereocenters. The first-order chi connectivity index (χ1) is 11.4. The number of benzene rings is 2. The number of hydrogen-bond acceptors (Lipinski definition) is 2. The van der Waals surface area contributed by atoms with E-state index in [1.807, 2.05) is 31.2 Å². The van der Waals surface area contributed by atoms with Crippen LogP contribution in [0, 0.1) is 21.7 Å². The van der Waals surface area contributed by atoms with Gasteiger partial charge in [0.15, 0.2) is 0 Å². The molecule has 2 aromatic rings. The number of hydrogen-bond donors (Lipinski definition) is 2. The van der Waals surface area contributed by atoms with E-state index in [1.165, 1.54) is 12.1 Å². The molecule has 2 aromatic carbocycles. The summed E-state index contributed by atoms with van der Waals surface area (Å²) in [5.41, 5.74) is 3.34. The fraction of sp³-hybridized carbons (Fsp3) is 0.211. The molecule has 5 heteroatoms. The SMILES string of the molecule is Cc1ccc(C2=C(O)C(Cc3cccc(F)c3)N(C)C2=N)cc1I. The first kappa shape index (κ1) is 17.0. The summed E-state index contributed by atoms with van der Waals surface area (Å²) in [5.74, 6) is 0.167. The second kappa shape index (κ2) is 6.55. The predicted octanol–water partition coefficient (Wildman–Crippen LogP) is 4.54. The number of likely N-dealkylation sites (N-methyl/N-ethyl adjacent to an activating group) is 1. The summed E-state index contributed by atoms with van der Waals surface area (Å²) in [5, 5.41) is 19.1. The molecule has 0 spiro atoms. The quantitative estimate of drug-likeness (QED) is 0.695. The van der Waals surface area contributed by atoms with Crippen molar-refractivity contribution in [3.05, 3.63) is 74.3 Å². The normalized spacial score (nSPS) is 17.8. The Kier molecular flexibility index (Phi) is 4.62. The van der Waals surface area contributed by atoms with Crippen molar-refractivity contribution in [3.8, 4) is 0 Å². The van der Waals surface area contributed by atoms with E-state index in [0.717, 1.165) is 20.3 Å². The third-order valence-corrected chi connectivity index (χ3v) is 5.57. The summed E-state index contributed by atoms with van der Waals surface area (Å²) in [4.78, 5) is 1.74. The predicted molar refractivity (Wildman–Crippen MR) is 103 cm³/mol. The van der Waals surface area contributed by atoms with Crippen molar-refractivity contribution in [1.29, 1.82) is 5.41 Å². The lowest BCUT2D eigenvalue weighted by atomic mass is 10.0. The second-order valence-electron chi connectivity index (χ2n) is 6.03. The van der Waals surface area contributed by atoms with Gasteiger partial charge in [-0.05, 0) is 64.4 Å². The highest BCUT2D eigenvalue weighted by molar-refractivity contribution is 14.1. The average Bonchev–Trinajstić information content (AvgIpc) is 2.74. The van der Waals surface area contributed by atoms with Crippen LogP contribution in [0.4, 0.5) is 4.39 Å². The van der Waals surface area contributed by atoms with E-state index in [4.69, 9.17) is 5.41 Å². The lowest BCUT2D eigenvalue weighted by molar-refractivity contribution is 0.297. The Morgan fingerprint density at radius 2 is 2.00 bits per heavy atom. The van der Waals surface area contributed by atoms with Gasteiger partial charge in [-0.15, -0.1) is 0 Å². The van der Waals surface area contributed by atoms with E-state index in [9.17, 15) is 9.50 Å². The van der Waals surface area contributed by atoms with Gasteiger partial charge in [-0.25, -0.2) is 4.39 Å². The molecule has 3 rings (SSSR count). The van der Waals surface area contributed by atoms with Crippen LogP contribution in [0.3, 0.4) is 0 Å². The van der Waals surface area contributed by atoms with E-state index in [-0.39, 0.29) is 23.5 Å². The maximum atomic E-state index is 13.4. The van der Waals surface area contributed by atoms with Crippen molar-refractivity contribution >= 4 is 34.0 Å². The van der Waals surface area contributed by atoms with Crippen molar-refractivity contribution in [2.24, 2.45) is 0 Å². The molecule has 0 saturated carbocycles. The van der Waals surface area contributed by atoms with Crippen LogP contribution in [0.25, 0.3) is 5.57 Å². The van der Waals surface area contributed by atoms with Gasteiger partial charge in [-0.1, -0.05) is 24.3 Å². The molecule has 1 aliphatic rings. The standard InChI is InChI=1S/C19H18FIN2O/c1-11-6-7-13(10-15(11)21)17-18(24)16(23(2)19(17)22)9-12-4-3-5-14(20)8-12/h3-8,10,16,22,24H,9H2,1-2H3. The monoisotopic (exact) mass is 436 g/mol. The van der Waals surface area contributed by atoms with Gasteiger partial charge in [-0.3, -0.25) is 5.41 Å². The molecule has 0 fully saturated rings. The van der Waals surface area contributed by atoms with Gasteiger partial charge in [0.05, 0.1) is 11.6 Å². The van der Waals surface area contributed by atoms with Crippen LogP contribution in [0.15, 0.2) is 48.2 Å². The Balaban J connectivity index is 1.98. The first-order valence-electron chi connectivity index (χ1n) is 7.64. The van der Waals surface area contributed by atoms with Crippen LogP contribution < -0.4 is 0 Å². The molecular weight excluding hydrogens is 418 g/mol. The molecule has 0 aliphatic carbocycles. The fourth-order valence-corrected chi connectivity index (χ4v) is 3.47. The Bertz CT molecular complexity index is 847. The van der Waals surface area contributed by atoms with Crippen LogP contribution in [0.1, 0.15) is 16.7 Å². The van der Waals surface area contributed by atoms with Gasteiger partial charge < -0.3 is 10.0 Å². The largest absolute Gasteiger partial charge is 0.509 e. The van der Waals surface area contributed by atoms with Crippen LogP contribution in [-0.4, -0.2) is 28.9 Å². The van der Waals surface area contributed by atoms with Crippen molar-refractivity contribution in [2.45, 2.75) is 19.4 Å². The van der Waals surface area contributed by atoms with Crippen molar-refractivity contribution in [1.82, 2.24) is 4.90 Å². The lowest BCUT2D eigenvalue weighted by Gasteiger charge is -2.22. The molecule has 0 saturated heterocycles. The highest BCUT2D eigenvalue weighted by Crippen LogP contribution is 2.33. The Labute approximate surface area is 154 Å². The van der Waals surface area contributed by atoms with Crippen LogP contribution in [-0.2, 0) is 6.42 Å². The van der Waals surface area contributed by atoms with Crippen molar-refractivity contribution < 1.29 is 9.50 Å². The molecule has 0 aromatic heterocycles. The summed E-state index contributed by atoms with van der Waals surface area (Å²) in [6, 6.07) is 11.9. The van der Waals surface area contributed by atoms with Crippen LogP contribution >= 0.6 is 22.6 Å². The van der Waals surface area contributed by atoms with E-state index in [1.54, 1.807) is 18.0 Å². The molecule has 1 aliphatic heterocycles. The molecule has 0 amide bonds. The van der Waals surface area contributed by atoms with Crippen molar-refractivity contribution in [3.63, 3.8) is 0 Å². The highest BCUT2D eigenvalue weighted by Gasteiger charge is 2.35. The minimum absolute atomic E-state index is 0.173. The Morgan fingerprint density at radius 1 is 1.25 bits per heavy atom. The van der Waals surface area contributed by atoms with Gasteiger partial charge in [0.25, 0.3) is 0 Å². The number of aryl methyl sites for hydroxylation is 1. The van der Waals surface area contributed by atoms with Gasteiger partial charge in [0.2, 0.25) is 0 Å².